The van der Waals surface area contributed by atoms with Crippen molar-refractivity contribution in [3.8, 4) is 0 Å². The van der Waals surface area contributed by atoms with Gasteiger partial charge < -0.3 is 15.5 Å². The number of nitrogens with one attached hydrogen (secondary N) is 2. The second kappa shape index (κ2) is 7.01. The summed E-state index contributed by atoms with van der Waals surface area (Å²) >= 11 is 1.52. The second-order valence-electron chi connectivity index (χ2n) is 5.46. The Morgan fingerprint density at radius 2 is 2.35 bits per heavy atom. The maximum absolute atomic E-state index is 12.3. The lowest BCUT2D eigenvalue weighted by Gasteiger charge is -2.24. The molecule has 1 aliphatic heterocycles. The van der Waals surface area contributed by atoms with Gasteiger partial charge in [0.2, 0.25) is 5.91 Å². The molecule has 1 fully saturated rings. The van der Waals surface area contributed by atoms with E-state index in [1.54, 1.807) is 13.2 Å². The Morgan fingerprint density at radius 3 is 3.09 bits per heavy atom. The maximum Gasteiger partial charge on any atom is 0.237 e. The molecule has 2 N–H and O–H groups in total. The van der Waals surface area contributed by atoms with Gasteiger partial charge in [-0.2, -0.15) is 0 Å². The van der Waals surface area contributed by atoms with Crippen molar-refractivity contribution in [3.05, 3.63) is 29.2 Å². The van der Waals surface area contributed by atoms with Crippen molar-refractivity contribution in [2.45, 2.75) is 25.8 Å². The minimum absolute atomic E-state index is 0.0226. The van der Waals surface area contributed by atoms with Gasteiger partial charge in [-0.05, 0) is 26.8 Å². The van der Waals surface area contributed by atoms with Gasteiger partial charge in [0.1, 0.15) is 11.6 Å². The lowest BCUT2D eigenvalue weighted by atomic mass is 10.1. The van der Waals surface area contributed by atoms with Gasteiger partial charge >= 0.3 is 0 Å². The molecule has 1 aliphatic rings. The van der Waals surface area contributed by atoms with E-state index in [9.17, 15) is 4.79 Å². The Kier molecular flexibility index (Phi) is 4.82. The van der Waals surface area contributed by atoms with Gasteiger partial charge in [-0.15, -0.1) is 11.3 Å². The molecule has 0 saturated carbocycles. The molecule has 0 aliphatic carbocycles. The smallest absolute Gasteiger partial charge is 0.237 e. The molecule has 23 heavy (non-hydrogen) atoms. The minimum Gasteiger partial charge on any atom is -0.333 e. The van der Waals surface area contributed by atoms with Crippen molar-refractivity contribution in [1.29, 1.82) is 0 Å². The number of nitrogens with zero attached hydrogens (tertiary/aromatic N) is 4. The average molecular weight is 332 g/mol. The number of aryl methyl sites for hydroxylation is 1. The molecule has 2 aromatic heterocycles. The summed E-state index contributed by atoms with van der Waals surface area (Å²) in [6, 6.07) is 1.94. The summed E-state index contributed by atoms with van der Waals surface area (Å²) in [6.07, 6.45) is 3.68. The Morgan fingerprint density at radius 1 is 1.48 bits per heavy atom. The van der Waals surface area contributed by atoms with Crippen LogP contribution in [0.25, 0.3) is 0 Å². The Balaban J connectivity index is 1.84. The summed E-state index contributed by atoms with van der Waals surface area (Å²) in [5, 5.41) is 8.83. The van der Waals surface area contributed by atoms with Crippen LogP contribution < -0.4 is 10.6 Å². The van der Waals surface area contributed by atoms with Gasteiger partial charge in [0, 0.05) is 24.2 Å². The number of aromatic nitrogens is 3. The number of anilines is 2. The first kappa shape index (κ1) is 15.8. The monoisotopic (exact) mass is 332 g/mol. The van der Waals surface area contributed by atoms with Crippen LogP contribution >= 0.6 is 11.3 Å². The van der Waals surface area contributed by atoms with Crippen molar-refractivity contribution in [1.82, 2.24) is 25.2 Å². The minimum atomic E-state index is 0.0226. The van der Waals surface area contributed by atoms with Crippen LogP contribution in [0.15, 0.2) is 17.6 Å². The molecular formula is C15H20N6OS. The SMILES string of the molecule is CNCC(=O)N1CCCC1c1cc(Nc2nccs2)nc(C)n1. The summed E-state index contributed by atoms with van der Waals surface area (Å²) in [5.41, 5.74) is 0.888. The third-order valence-corrected chi connectivity index (χ3v) is 4.46. The molecule has 2 aromatic rings. The molecule has 1 saturated heterocycles. The highest BCUT2D eigenvalue weighted by Crippen LogP contribution is 2.32. The molecule has 1 atom stereocenters. The molecule has 1 unspecified atom stereocenters. The largest absolute Gasteiger partial charge is 0.333 e. The predicted octanol–water partition coefficient (Wildman–Crippen LogP) is 1.87. The number of hydrogen-bond acceptors (Lipinski definition) is 7. The number of carbonyl (C=O) groups is 1. The van der Waals surface area contributed by atoms with E-state index >= 15 is 0 Å². The summed E-state index contributed by atoms with van der Waals surface area (Å²) in [5.74, 6) is 1.52. The van der Waals surface area contributed by atoms with Crippen LogP contribution in [0.3, 0.4) is 0 Å². The summed E-state index contributed by atoms with van der Waals surface area (Å²) in [6.45, 7) is 3.00. The topological polar surface area (TPSA) is 83.0 Å². The molecule has 1 amide bonds. The van der Waals surface area contributed by atoms with E-state index < -0.39 is 0 Å². The number of hydrogen-bond donors (Lipinski definition) is 2. The van der Waals surface area contributed by atoms with Gasteiger partial charge in [-0.25, -0.2) is 15.0 Å². The Hall–Kier alpha value is -2.06. The molecule has 122 valence electrons. The molecule has 0 radical (unpaired) electrons. The zero-order chi connectivity index (χ0) is 16.2. The molecule has 0 aromatic carbocycles. The first-order valence-corrected chi connectivity index (χ1v) is 8.51. The Bertz CT molecular complexity index is 675. The molecule has 0 bridgehead atoms. The predicted molar refractivity (Wildman–Crippen MR) is 89.8 cm³/mol. The van der Waals surface area contributed by atoms with E-state index in [1.807, 2.05) is 23.3 Å². The highest BCUT2D eigenvalue weighted by atomic mass is 32.1. The number of thiazole rings is 1. The summed E-state index contributed by atoms with van der Waals surface area (Å²) in [4.78, 5) is 27.3. The zero-order valence-corrected chi connectivity index (χ0v) is 14.1. The maximum atomic E-state index is 12.3. The van der Waals surface area contributed by atoms with E-state index in [2.05, 4.69) is 25.6 Å². The van der Waals surface area contributed by atoms with E-state index in [0.29, 0.717) is 12.4 Å². The number of likely N-dealkylation sites (N-methyl/N-ethyl adjacent to an activating group) is 1. The van der Waals surface area contributed by atoms with Crippen LogP contribution in [-0.4, -0.2) is 45.9 Å². The van der Waals surface area contributed by atoms with E-state index in [1.165, 1.54) is 11.3 Å². The summed E-state index contributed by atoms with van der Waals surface area (Å²) in [7, 11) is 1.79. The first-order chi connectivity index (χ1) is 11.2. The molecule has 3 heterocycles. The van der Waals surface area contributed by atoms with Crippen LogP contribution in [0, 0.1) is 6.92 Å². The van der Waals surface area contributed by atoms with Crippen molar-refractivity contribution < 1.29 is 4.79 Å². The van der Waals surface area contributed by atoms with Crippen LogP contribution in [0.1, 0.15) is 30.4 Å². The van der Waals surface area contributed by atoms with E-state index in [-0.39, 0.29) is 11.9 Å². The van der Waals surface area contributed by atoms with Crippen molar-refractivity contribution >= 4 is 28.2 Å². The standard InChI is InChI=1S/C15H20N6OS/c1-10-18-11(8-13(19-10)20-15-17-5-7-23-15)12-4-3-6-21(12)14(22)9-16-2/h5,7-8,12,16H,3-4,6,9H2,1-2H3,(H,17,18,19,20). The van der Waals surface area contributed by atoms with Gasteiger partial charge in [0.15, 0.2) is 5.13 Å². The summed E-state index contributed by atoms with van der Waals surface area (Å²) < 4.78 is 0. The van der Waals surface area contributed by atoms with Gasteiger partial charge in [-0.1, -0.05) is 0 Å². The number of likely N-dealkylation sites (tertiary alicyclic amines) is 1. The van der Waals surface area contributed by atoms with Gasteiger partial charge in [-0.3, -0.25) is 4.79 Å². The fraction of sp³-hybridized carbons (Fsp3) is 0.467. The van der Waals surface area contributed by atoms with Gasteiger partial charge in [0.05, 0.1) is 18.3 Å². The molecule has 8 heteroatoms. The van der Waals surface area contributed by atoms with Gasteiger partial charge in [0.25, 0.3) is 0 Å². The highest BCUT2D eigenvalue weighted by molar-refractivity contribution is 7.13. The quantitative estimate of drug-likeness (QED) is 0.870. The van der Waals surface area contributed by atoms with Crippen LogP contribution in [0.2, 0.25) is 0 Å². The van der Waals surface area contributed by atoms with Crippen LogP contribution in [0.4, 0.5) is 10.9 Å². The Labute approximate surface area is 139 Å². The number of carbonyl (C=O) groups excluding carboxylic acids is 1. The van der Waals surface area contributed by atoms with E-state index in [0.717, 1.165) is 36.0 Å². The fourth-order valence-electron chi connectivity index (χ4n) is 2.85. The number of rotatable bonds is 5. The van der Waals surface area contributed by atoms with Crippen LogP contribution in [0.5, 0.6) is 0 Å². The molecule has 0 spiro atoms. The van der Waals surface area contributed by atoms with E-state index in [4.69, 9.17) is 0 Å². The number of amides is 1. The molecule has 7 nitrogen and oxygen atoms in total. The third-order valence-electron chi connectivity index (χ3n) is 3.77. The molecule has 3 rings (SSSR count). The second-order valence-corrected chi connectivity index (χ2v) is 6.36. The average Bonchev–Trinajstić information content (AvgIpc) is 3.17. The highest BCUT2D eigenvalue weighted by Gasteiger charge is 2.31. The van der Waals surface area contributed by atoms with Crippen LogP contribution in [-0.2, 0) is 4.79 Å². The first-order valence-electron chi connectivity index (χ1n) is 7.63. The third kappa shape index (κ3) is 3.65. The fourth-order valence-corrected chi connectivity index (χ4v) is 3.38. The lowest BCUT2D eigenvalue weighted by Crippen LogP contribution is -2.37. The van der Waals surface area contributed by atoms with Crippen molar-refractivity contribution in [2.75, 3.05) is 25.5 Å². The normalized spacial score (nSPS) is 17.5. The molecular weight excluding hydrogens is 312 g/mol. The van der Waals surface area contributed by atoms with Crippen molar-refractivity contribution in [3.63, 3.8) is 0 Å². The zero-order valence-electron chi connectivity index (χ0n) is 13.2. The van der Waals surface area contributed by atoms with Crippen molar-refractivity contribution in [2.24, 2.45) is 0 Å². The lowest BCUT2D eigenvalue weighted by molar-refractivity contribution is -0.131.